The molecule has 0 spiro atoms. The van der Waals surface area contributed by atoms with E-state index < -0.39 is 0 Å². The number of nitrogens with one attached hydrogen (secondary N) is 1. The molecule has 0 atom stereocenters. The molecule has 0 radical (unpaired) electrons. The Morgan fingerprint density at radius 2 is 2.00 bits per heavy atom. The molecule has 1 aromatic heterocycles. The van der Waals surface area contributed by atoms with Crippen LogP contribution in [0.1, 0.15) is 17.3 Å². The Morgan fingerprint density at radius 3 is 2.75 bits per heavy atom. The third kappa shape index (κ3) is 3.42. The van der Waals surface area contributed by atoms with E-state index in [0.29, 0.717) is 21.3 Å². The van der Waals surface area contributed by atoms with Gasteiger partial charge in [0, 0.05) is 23.4 Å². The number of anilines is 1. The predicted molar refractivity (Wildman–Crippen MR) is 95.5 cm³/mol. The van der Waals surface area contributed by atoms with Crippen molar-refractivity contribution in [1.82, 2.24) is 14.8 Å². The second kappa shape index (κ2) is 7.03. The van der Waals surface area contributed by atoms with Gasteiger partial charge in [0.25, 0.3) is 5.91 Å². The van der Waals surface area contributed by atoms with Crippen LogP contribution in [0.15, 0.2) is 48.8 Å². The van der Waals surface area contributed by atoms with Gasteiger partial charge in [-0.05, 0) is 37.3 Å². The standard InChI is InChI=1S/C17H14Cl2N4O/c1-2-23-10-20-22-16(23)11-4-3-5-13(8-11)21-17(24)12-6-7-14(18)15(19)9-12/h3-10H,2H2,1H3,(H,21,24). The van der Waals surface area contributed by atoms with Gasteiger partial charge in [0.2, 0.25) is 0 Å². The van der Waals surface area contributed by atoms with Crippen molar-refractivity contribution in [2.45, 2.75) is 13.5 Å². The second-order valence-corrected chi connectivity index (χ2v) is 5.92. The maximum absolute atomic E-state index is 12.4. The number of rotatable bonds is 4. The van der Waals surface area contributed by atoms with Gasteiger partial charge in [-0.25, -0.2) is 0 Å². The zero-order valence-electron chi connectivity index (χ0n) is 12.8. The number of hydrogen-bond acceptors (Lipinski definition) is 3. The molecule has 0 aliphatic heterocycles. The molecule has 0 saturated heterocycles. The number of halogens is 2. The number of carbonyl (C=O) groups is 1. The Morgan fingerprint density at radius 1 is 1.17 bits per heavy atom. The Balaban J connectivity index is 1.84. The molecule has 5 nitrogen and oxygen atoms in total. The largest absolute Gasteiger partial charge is 0.322 e. The molecule has 122 valence electrons. The van der Waals surface area contributed by atoms with Crippen molar-refractivity contribution >= 4 is 34.8 Å². The SMILES string of the molecule is CCn1cnnc1-c1cccc(NC(=O)c2ccc(Cl)c(Cl)c2)c1. The highest BCUT2D eigenvalue weighted by molar-refractivity contribution is 6.42. The summed E-state index contributed by atoms with van der Waals surface area (Å²) in [5.74, 6) is 0.491. The van der Waals surface area contributed by atoms with Crippen LogP contribution in [-0.4, -0.2) is 20.7 Å². The maximum atomic E-state index is 12.4. The summed E-state index contributed by atoms with van der Waals surface area (Å²) >= 11 is 11.8. The molecule has 0 aliphatic rings. The highest BCUT2D eigenvalue weighted by atomic mass is 35.5. The van der Waals surface area contributed by atoms with Crippen LogP contribution < -0.4 is 5.32 Å². The third-order valence-electron chi connectivity index (χ3n) is 3.52. The van der Waals surface area contributed by atoms with E-state index in [1.54, 1.807) is 18.5 Å². The first-order chi connectivity index (χ1) is 11.6. The summed E-state index contributed by atoms with van der Waals surface area (Å²) in [7, 11) is 0. The number of amides is 1. The van der Waals surface area contributed by atoms with E-state index in [1.807, 2.05) is 35.8 Å². The quantitative estimate of drug-likeness (QED) is 0.743. The lowest BCUT2D eigenvalue weighted by Crippen LogP contribution is -2.11. The topological polar surface area (TPSA) is 59.8 Å². The Kier molecular flexibility index (Phi) is 4.83. The average Bonchev–Trinajstić information content (AvgIpc) is 3.06. The van der Waals surface area contributed by atoms with Crippen molar-refractivity contribution in [2.75, 3.05) is 5.32 Å². The molecule has 1 amide bonds. The number of hydrogen-bond donors (Lipinski definition) is 1. The van der Waals surface area contributed by atoms with Crippen molar-refractivity contribution in [1.29, 1.82) is 0 Å². The molecule has 0 aliphatic carbocycles. The first kappa shape index (κ1) is 16.5. The van der Waals surface area contributed by atoms with Crippen molar-refractivity contribution < 1.29 is 4.79 Å². The zero-order chi connectivity index (χ0) is 17.1. The van der Waals surface area contributed by atoms with E-state index in [2.05, 4.69) is 15.5 Å². The number of benzene rings is 2. The van der Waals surface area contributed by atoms with Gasteiger partial charge < -0.3 is 9.88 Å². The highest BCUT2D eigenvalue weighted by Gasteiger charge is 2.11. The van der Waals surface area contributed by atoms with Gasteiger partial charge in [-0.2, -0.15) is 0 Å². The summed E-state index contributed by atoms with van der Waals surface area (Å²) in [6.07, 6.45) is 1.68. The molecule has 0 bridgehead atoms. The molecule has 0 fully saturated rings. The molecule has 24 heavy (non-hydrogen) atoms. The van der Waals surface area contributed by atoms with Gasteiger partial charge in [-0.15, -0.1) is 10.2 Å². The van der Waals surface area contributed by atoms with Gasteiger partial charge in [-0.1, -0.05) is 35.3 Å². The summed E-state index contributed by atoms with van der Waals surface area (Å²) in [6, 6.07) is 12.2. The van der Waals surface area contributed by atoms with Crippen LogP contribution in [-0.2, 0) is 6.54 Å². The summed E-state index contributed by atoms with van der Waals surface area (Å²) < 4.78 is 1.93. The Labute approximate surface area is 149 Å². The molecule has 0 saturated carbocycles. The minimum Gasteiger partial charge on any atom is -0.322 e. The van der Waals surface area contributed by atoms with Crippen LogP contribution in [0.3, 0.4) is 0 Å². The monoisotopic (exact) mass is 360 g/mol. The van der Waals surface area contributed by atoms with Gasteiger partial charge in [0.05, 0.1) is 10.0 Å². The molecular formula is C17H14Cl2N4O. The number of aryl methyl sites for hydroxylation is 1. The van der Waals surface area contributed by atoms with Gasteiger partial charge >= 0.3 is 0 Å². The molecule has 2 aromatic carbocycles. The summed E-state index contributed by atoms with van der Waals surface area (Å²) in [4.78, 5) is 12.4. The van der Waals surface area contributed by atoms with Gasteiger partial charge in [0.15, 0.2) is 5.82 Å². The highest BCUT2D eigenvalue weighted by Crippen LogP contribution is 2.24. The number of aromatic nitrogens is 3. The van der Waals surface area contributed by atoms with E-state index in [0.717, 1.165) is 17.9 Å². The van der Waals surface area contributed by atoms with Crippen LogP contribution in [0.4, 0.5) is 5.69 Å². The van der Waals surface area contributed by atoms with E-state index >= 15 is 0 Å². The minimum absolute atomic E-state index is 0.261. The zero-order valence-corrected chi connectivity index (χ0v) is 14.3. The normalized spacial score (nSPS) is 10.6. The van der Waals surface area contributed by atoms with Crippen LogP contribution in [0, 0.1) is 0 Å². The van der Waals surface area contributed by atoms with Crippen molar-refractivity contribution in [2.24, 2.45) is 0 Å². The van der Waals surface area contributed by atoms with E-state index in [1.165, 1.54) is 6.07 Å². The lowest BCUT2D eigenvalue weighted by Gasteiger charge is -2.08. The molecule has 1 N–H and O–H groups in total. The molecule has 7 heteroatoms. The van der Waals surface area contributed by atoms with Crippen LogP contribution in [0.25, 0.3) is 11.4 Å². The average molecular weight is 361 g/mol. The van der Waals surface area contributed by atoms with Crippen molar-refractivity contribution in [3.8, 4) is 11.4 Å². The molecule has 1 heterocycles. The molecule has 3 rings (SSSR count). The fourth-order valence-corrected chi connectivity index (χ4v) is 2.58. The lowest BCUT2D eigenvalue weighted by atomic mass is 10.1. The number of nitrogens with zero attached hydrogens (tertiary/aromatic N) is 3. The minimum atomic E-state index is -0.261. The van der Waals surface area contributed by atoms with Crippen LogP contribution in [0.5, 0.6) is 0 Å². The first-order valence-electron chi connectivity index (χ1n) is 7.33. The molecule has 0 unspecified atom stereocenters. The predicted octanol–water partition coefficient (Wildman–Crippen LogP) is 4.52. The van der Waals surface area contributed by atoms with Crippen molar-refractivity contribution in [3.63, 3.8) is 0 Å². The fourth-order valence-electron chi connectivity index (χ4n) is 2.29. The van der Waals surface area contributed by atoms with E-state index in [4.69, 9.17) is 23.2 Å². The smallest absolute Gasteiger partial charge is 0.255 e. The molecule has 3 aromatic rings. The van der Waals surface area contributed by atoms with Crippen molar-refractivity contribution in [3.05, 3.63) is 64.4 Å². The maximum Gasteiger partial charge on any atom is 0.255 e. The van der Waals surface area contributed by atoms with Gasteiger partial charge in [-0.3, -0.25) is 4.79 Å². The fraction of sp³-hybridized carbons (Fsp3) is 0.118. The van der Waals surface area contributed by atoms with Crippen LogP contribution in [0.2, 0.25) is 10.0 Å². The Bertz CT molecular complexity index is 892. The summed E-state index contributed by atoms with van der Waals surface area (Å²) in [6.45, 7) is 2.78. The number of carbonyl (C=O) groups excluding carboxylic acids is 1. The van der Waals surface area contributed by atoms with Gasteiger partial charge in [0.1, 0.15) is 6.33 Å². The lowest BCUT2D eigenvalue weighted by molar-refractivity contribution is 0.102. The second-order valence-electron chi connectivity index (χ2n) is 5.10. The molecular weight excluding hydrogens is 347 g/mol. The van der Waals surface area contributed by atoms with Crippen LogP contribution >= 0.6 is 23.2 Å². The van der Waals surface area contributed by atoms with E-state index in [-0.39, 0.29) is 5.91 Å². The third-order valence-corrected chi connectivity index (χ3v) is 4.26. The first-order valence-corrected chi connectivity index (χ1v) is 8.08. The summed E-state index contributed by atoms with van der Waals surface area (Å²) in [5.41, 5.74) is 1.97. The summed E-state index contributed by atoms with van der Waals surface area (Å²) in [5, 5.41) is 11.6. The Hall–Kier alpha value is -2.37. The van der Waals surface area contributed by atoms with E-state index in [9.17, 15) is 4.79 Å².